The first kappa shape index (κ1) is 26.6. The number of nitrogens with zero attached hydrogens (tertiary/aromatic N) is 1. The minimum absolute atomic E-state index is 0.101. The number of aryl methyl sites for hydroxylation is 2. The molecule has 1 aliphatic carbocycles. The molecule has 0 spiro atoms. The van der Waals surface area contributed by atoms with E-state index in [-0.39, 0.29) is 36.2 Å². The van der Waals surface area contributed by atoms with Crippen molar-refractivity contribution >= 4 is 23.5 Å². The highest BCUT2D eigenvalue weighted by molar-refractivity contribution is 5.91. The van der Waals surface area contributed by atoms with E-state index in [9.17, 15) is 18.8 Å². The van der Waals surface area contributed by atoms with Crippen molar-refractivity contribution in [3.63, 3.8) is 0 Å². The predicted molar refractivity (Wildman–Crippen MR) is 141 cm³/mol. The average Bonchev–Trinajstić information content (AvgIpc) is 3.30. The molecule has 1 saturated heterocycles. The van der Waals surface area contributed by atoms with Gasteiger partial charge >= 0.3 is 6.03 Å². The van der Waals surface area contributed by atoms with Crippen LogP contribution >= 0.6 is 0 Å². The Kier molecular flexibility index (Phi) is 8.79. The summed E-state index contributed by atoms with van der Waals surface area (Å²) in [6.45, 7) is 5.38. The normalized spacial score (nSPS) is 22.4. The maximum atomic E-state index is 13.5. The molecule has 3 atom stereocenters. The highest BCUT2D eigenvalue weighted by Gasteiger charge is 2.45. The molecule has 1 heterocycles. The van der Waals surface area contributed by atoms with Crippen molar-refractivity contribution in [3.05, 3.63) is 65.0 Å². The van der Waals surface area contributed by atoms with E-state index in [1.165, 1.54) is 12.1 Å². The monoisotopic (exact) mass is 508 g/mol. The Labute approximate surface area is 218 Å². The van der Waals surface area contributed by atoms with E-state index in [1.807, 2.05) is 32.0 Å². The molecule has 1 saturated carbocycles. The molecule has 0 radical (unpaired) electrons. The smallest absolute Gasteiger partial charge is 0.322 e. The number of amides is 4. The average molecular weight is 509 g/mol. The van der Waals surface area contributed by atoms with Crippen LogP contribution in [0, 0.1) is 31.5 Å². The maximum absolute atomic E-state index is 13.5. The molecule has 7 nitrogen and oxygen atoms in total. The number of nitrogens with one attached hydrogen (secondary N) is 3. The Bertz CT molecular complexity index is 1140. The minimum Gasteiger partial charge on any atom is -0.356 e. The van der Waals surface area contributed by atoms with Crippen LogP contribution in [0.25, 0.3) is 0 Å². The Balaban J connectivity index is 1.51. The molecule has 2 aromatic carbocycles. The van der Waals surface area contributed by atoms with Crippen molar-refractivity contribution in [1.82, 2.24) is 15.5 Å². The third-order valence-electron chi connectivity index (χ3n) is 7.64. The Hall–Kier alpha value is -3.42. The lowest BCUT2D eigenvalue weighted by Crippen LogP contribution is -2.48. The van der Waals surface area contributed by atoms with Gasteiger partial charge in [0.1, 0.15) is 5.82 Å². The van der Waals surface area contributed by atoms with Crippen molar-refractivity contribution in [2.24, 2.45) is 11.8 Å². The second-order valence-corrected chi connectivity index (χ2v) is 10.3. The third kappa shape index (κ3) is 6.87. The van der Waals surface area contributed by atoms with Crippen molar-refractivity contribution in [2.45, 2.75) is 65.0 Å². The summed E-state index contributed by atoms with van der Waals surface area (Å²) in [6, 6.07) is 11.3. The van der Waals surface area contributed by atoms with E-state index in [0.717, 1.165) is 36.8 Å². The molecule has 0 bridgehead atoms. The van der Waals surface area contributed by atoms with E-state index in [2.05, 4.69) is 16.0 Å². The number of anilines is 1. The van der Waals surface area contributed by atoms with Crippen molar-refractivity contribution in [1.29, 1.82) is 0 Å². The lowest BCUT2D eigenvalue weighted by molar-refractivity contribution is -0.126. The Morgan fingerprint density at radius 1 is 1.03 bits per heavy atom. The van der Waals surface area contributed by atoms with E-state index < -0.39 is 11.8 Å². The quantitative estimate of drug-likeness (QED) is 0.560. The number of hydrogen-bond donors (Lipinski definition) is 3. The molecule has 2 fully saturated rings. The molecule has 3 N–H and O–H groups in total. The molecule has 198 valence electrons. The zero-order valence-electron chi connectivity index (χ0n) is 21.7. The van der Waals surface area contributed by atoms with Gasteiger partial charge in [-0.25, -0.2) is 9.18 Å². The molecule has 4 amide bonds. The molecule has 0 unspecified atom stereocenters. The van der Waals surface area contributed by atoms with Crippen molar-refractivity contribution in [3.8, 4) is 0 Å². The zero-order valence-corrected chi connectivity index (χ0v) is 21.7. The summed E-state index contributed by atoms with van der Waals surface area (Å²) in [4.78, 5) is 41.6. The number of fused-ring (bicyclic) bond motifs is 1. The number of hydrogen-bond acceptors (Lipinski definition) is 3. The van der Waals surface area contributed by atoms with E-state index in [4.69, 9.17) is 0 Å². The standard InChI is InChI=1S/C29H37FN4O3/c1-19-10-11-24(14-20(19)2)33-29(37)34-13-6-4-3-5-12-31-28(36)25-16-22(17-26(25)34)27(35)32-18-21-8-7-9-23(30)15-21/h7-11,14-15,22,25-26H,3-6,12-13,16-18H2,1-2H3,(H,31,36)(H,32,35)(H,33,37)/t22-,25-,26+/m1/s1. The molecule has 0 aromatic heterocycles. The first-order valence-corrected chi connectivity index (χ1v) is 13.3. The highest BCUT2D eigenvalue weighted by atomic mass is 19.1. The van der Waals surface area contributed by atoms with Crippen LogP contribution in [0.3, 0.4) is 0 Å². The Morgan fingerprint density at radius 2 is 1.84 bits per heavy atom. The molecule has 37 heavy (non-hydrogen) atoms. The van der Waals surface area contributed by atoms with Gasteiger partial charge in [-0.15, -0.1) is 0 Å². The number of rotatable bonds is 4. The van der Waals surface area contributed by atoms with Gasteiger partial charge in [0.05, 0.1) is 5.92 Å². The topological polar surface area (TPSA) is 90.5 Å². The van der Waals surface area contributed by atoms with Gasteiger partial charge in [-0.2, -0.15) is 0 Å². The van der Waals surface area contributed by atoms with Crippen LogP contribution in [0.1, 0.15) is 55.2 Å². The summed E-state index contributed by atoms with van der Waals surface area (Å²) >= 11 is 0. The highest BCUT2D eigenvalue weighted by Crippen LogP contribution is 2.36. The summed E-state index contributed by atoms with van der Waals surface area (Å²) in [5, 5.41) is 8.95. The number of carbonyl (C=O) groups excluding carboxylic acids is 3. The summed E-state index contributed by atoms with van der Waals surface area (Å²) < 4.78 is 13.5. The molecule has 2 aromatic rings. The predicted octanol–water partition coefficient (Wildman–Crippen LogP) is 4.68. The van der Waals surface area contributed by atoms with Crippen LogP contribution < -0.4 is 16.0 Å². The fourth-order valence-corrected chi connectivity index (χ4v) is 5.37. The third-order valence-corrected chi connectivity index (χ3v) is 7.64. The van der Waals surface area contributed by atoms with Gasteiger partial charge in [0.25, 0.3) is 0 Å². The van der Waals surface area contributed by atoms with Gasteiger partial charge in [-0.3, -0.25) is 9.59 Å². The van der Waals surface area contributed by atoms with Gasteiger partial charge in [0, 0.05) is 37.3 Å². The van der Waals surface area contributed by atoms with Gasteiger partial charge in [-0.1, -0.05) is 31.0 Å². The first-order chi connectivity index (χ1) is 17.8. The number of benzene rings is 2. The number of urea groups is 1. The van der Waals surface area contributed by atoms with Crippen LogP contribution in [0.4, 0.5) is 14.9 Å². The van der Waals surface area contributed by atoms with Gasteiger partial charge in [-0.05, 0) is 80.5 Å². The summed E-state index contributed by atoms with van der Waals surface area (Å²) in [5.74, 6) is -1.50. The lowest BCUT2D eigenvalue weighted by atomic mass is 10.0. The van der Waals surface area contributed by atoms with Crippen LogP contribution in [0.5, 0.6) is 0 Å². The fourth-order valence-electron chi connectivity index (χ4n) is 5.37. The van der Waals surface area contributed by atoms with Gasteiger partial charge in [0.15, 0.2) is 0 Å². The SMILES string of the molecule is Cc1ccc(NC(=O)N2CCCCCCNC(=O)[C@@H]3C[C@@H](C(=O)NCc4cccc(F)c4)C[C@@H]32)cc1C. The van der Waals surface area contributed by atoms with E-state index in [1.54, 1.807) is 17.0 Å². The zero-order chi connectivity index (χ0) is 26.4. The molecular weight excluding hydrogens is 471 g/mol. The van der Waals surface area contributed by atoms with Crippen LogP contribution in [-0.2, 0) is 16.1 Å². The van der Waals surface area contributed by atoms with Crippen molar-refractivity contribution in [2.75, 3.05) is 18.4 Å². The van der Waals surface area contributed by atoms with E-state index >= 15 is 0 Å². The molecule has 2 aliphatic rings. The summed E-state index contributed by atoms with van der Waals surface area (Å²) in [5.41, 5.74) is 3.62. The first-order valence-electron chi connectivity index (χ1n) is 13.3. The van der Waals surface area contributed by atoms with Gasteiger partial charge in [0.2, 0.25) is 11.8 Å². The van der Waals surface area contributed by atoms with Crippen LogP contribution in [0.15, 0.2) is 42.5 Å². The van der Waals surface area contributed by atoms with Crippen molar-refractivity contribution < 1.29 is 18.8 Å². The van der Waals surface area contributed by atoms with Crippen LogP contribution in [0.2, 0.25) is 0 Å². The lowest BCUT2D eigenvalue weighted by Gasteiger charge is -2.32. The molecule has 8 heteroatoms. The van der Waals surface area contributed by atoms with Gasteiger partial charge < -0.3 is 20.9 Å². The number of halogens is 1. The maximum Gasteiger partial charge on any atom is 0.322 e. The number of carbonyl (C=O) groups is 3. The van der Waals surface area contributed by atoms with E-state index in [0.29, 0.717) is 37.2 Å². The molecule has 4 rings (SSSR count). The molecular formula is C29H37FN4O3. The Morgan fingerprint density at radius 3 is 2.62 bits per heavy atom. The molecule has 1 aliphatic heterocycles. The summed E-state index contributed by atoms with van der Waals surface area (Å²) in [7, 11) is 0. The fraction of sp³-hybridized carbons (Fsp3) is 0.483. The second-order valence-electron chi connectivity index (χ2n) is 10.3. The minimum atomic E-state index is -0.464. The van der Waals surface area contributed by atoms with Crippen LogP contribution in [-0.4, -0.2) is 41.9 Å². The second kappa shape index (κ2) is 12.2. The summed E-state index contributed by atoms with van der Waals surface area (Å²) in [6.07, 6.45) is 4.49. The largest absolute Gasteiger partial charge is 0.356 e.